The van der Waals surface area contributed by atoms with E-state index in [9.17, 15) is 9.90 Å². The standard InChI is InChI=1S/C12H25NO2/c1-6-12(7-2,11(14)15)13(8-3)9-10(4)5/h10H,6-9H2,1-5H3,(H,14,15). The van der Waals surface area contributed by atoms with Gasteiger partial charge in [0.05, 0.1) is 0 Å². The monoisotopic (exact) mass is 215 g/mol. The van der Waals surface area contributed by atoms with E-state index in [1.165, 1.54) is 0 Å². The zero-order valence-corrected chi connectivity index (χ0v) is 10.7. The van der Waals surface area contributed by atoms with Gasteiger partial charge in [-0.05, 0) is 25.3 Å². The number of carboxylic acid groups (broad SMARTS) is 1. The molecular formula is C12H25NO2. The maximum Gasteiger partial charge on any atom is 0.324 e. The minimum atomic E-state index is -0.685. The molecule has 0 aromatic rings. The smallest absolute Gasteiger partial charge is 0.324 e. The fourth-order valence-corrected chi connectivity index (χ4v) is 2.18. The van der Waals surface area contributed by atoms with Crippen molar-refractivity contribution in [1.82, 2.24) is 4.90 Å². The number of likely N-dealkylation sites (N-methyl/N-ethyl adjacent to an activating group) is 1. The Bertz CT molecular complexity index is 198. The first-order valence-electron chi connectivity index (χ1n) is 5.93. The lowest BCUT2D eigenvalue weighted by Gasteiger charge is -2.40. The van der Waals surface area contributed by atoms with E-state index in [0.717, 1.165) is 13.1 Å². The molecule has 0 atom stereocenters. The molecule has 0 bridgehead atoms. The highest BCUT2D eigenvalue weighted by atomic mass is 16.4. The van der Waals surface area contributed by atoms with Crippen LogP contribution in [-0.4, -0.2) is 34.6 Å². The molecule has 0 amide bonds. The first-order chi connectivity index (χ1) is 6.94. The van der Waals surface area contributed by atoms with Crippen molar-refractivity contribution >= 4 is 5.97 Å². The Hall–Kier alpha value is -0.570. The minimum absolute atomic E-state index is 0.502. The van der Waals surface area contributed by atoms with Gasteiger partial charge in [-0.3, -0.25) is 9.69 Å². The van der Waals surface area contributed by atoms with Crippen LogP contribution in [0, 0.1) is 5.92 Å². The van der Waals surface area contributed by atoms with Crippen molar-refractivity contribution in [1.29, 1.82) is 0 Å². The summed E-state index contributed by atoms with van der Waals surface area (Å²) in [6, 6.07) is 0. The Morgan fingerprint density at radius 3 is 1.93 bits per heavy atom. The van der Waals surface area contributed by atoms with Crippen LogP contribution in [0.3, 0.4) is 0 Å². The molecule has 0 unspecified atom stereocenters. The van der Waals surface area contributed by atoms with Gasteiger partial charge in [-0.2, -0.15) is 0 Å². The normalized spacial score (nSPS) is 12.5. The second kappa shape index (κ2) is 6.11. The first kappa shape index (κ1) is 14.4. The van der Waals surface area contributed by atoms with Gasteiger partial charge >= 0.3 is 5.97 Å². The van der Waals surface area contributed by atoms with Crippen molar-refractivity contribution in [3.63, 3.8) is 0 Å². The van der Waals surface area contributed by atoms with Crippen molar-refractivity contribution in [3.05, 3.63) is 0 Å². The van der Waals surface area contributed by atoms with Gasteiger partial charge in [-0.25, -0.2) is 0 Å². The second-order valence-corrected chi connectivity index (χ2v) is 4.48. The first-order valence-corrected chi connectivity index (χ1v) is 5.93. The van der Waals surface area contributed by atoms with E-state index in [1.54, 1.807) is 0 Å². The van der Waals surface area contributed by atoms with E-state index in [0.29, 0.717) is 18.8 Å². The molecule has 0 radical (unpaired) electrons. The van der Waals surface area contributed by atoms with Crippen LogP contribution < -0.4 is 0 Å². The van der Waals surface area contributed by atoms with Gasteiger partial charge in [0.25, 0.3) is 0 Å². The maximum atomic E-state index is 11.4. The van der Waals surface area contributed by atoms with E-state index in [1.807, 2.05) is 20.8 Å². The van der Waals surface area contributed by atoms with Crippen LogP contribution in [0.25, 0.3) is 0 Å². The van der Waals surface area contributed by atoms with Gasteiger partial charge in [0.15, 0.2) is 0 Å². The highest BCUT2D eigenvalue weighted by Gasteiger charge is 2.40. The molecule has 0 spiro atoms. The number of rotatable bonds is 7. The van der Waals surface area contributed by atoms with Crippen molar-refractivity contribution < 1.29 is 9.90 Å². The van der Waals surface area contributed by atoms with E-state index in [-0.39, 0.29) is 0 Å². The van der Waals surface area contributed by atoms with E-state index >= 15 is 0 Å². The lowest BCUT2D eigenvalue weighted by atomic mass is 9.89. The zero-order chi connectivity index (χ0) is 12.1. The highest BCUT2D eigenvalue weighted by molar-refractivity contribution is 5.78. The predicted octanol–water partition coefficient (Wildman–Crippen LogP) is 2.61. The number of aliphatic carboxylic acids is 1. The van der Waals surface area contributed by atoms with Gasteiger partial charge in [-0.1, -0.05) is 34.6 Å². The molecule has 0 saturated heterocycles. The summed E-state index contributed by atoms with van der Waals surface area (Å²) in [5.74, 6) is -0.184. The van der Waals surface area contributed by atoms with Crippen LogP contribution in [0.5, 0.6) is 0 Å². The lowest BCUT2D eigenvalue weighted by Crippen LogP contribution is -2.55. The quantitative estimate of drug-likeness (QED) is 0.709. The molecule has 0 aromatic carbocycles. The van der Waals surface area contributed by atoms with Gasteiger partial charge in [-0.15, -0.1) is 0 Å². The number of nitrogens with zero attached hydrogens (tertiary/aromatic N) is 1. The summed E-state index contributed by atoms with van der Waals surface area (Å²) in [4.78, 5) is 13.5. The zero-order valence-electron chi connectivity index (χ0n) is 10.7. The number of carbonyl (C=O) groups is 1. The summed E-state index contributed by atoms with van der Waals surface area (Å²) in [6.07, 6.45) is 1.33. The molecule has 0 fully saturated rings. The summed E-state index contributed by atoms with van der Waals surface area (Å²) < 4.78 is 0. The maximum absolute atomic E-state index is 11.4. The number of hydrogen-bond acceptors (Lipinski definition) is 2. The highest BCUT2D eigenvalue weighted by Crippen LogP contribution is 2.25. The minimum Gasteiger partial charge on any atom is -0.480 e. The average molecular weight is 215 g/mol. The van der Waals surface area contributed by atoms with Crippen LogP contribution in [0.1, 0.15) is 47.5 Å². The molecule has 0 saturated carbocycles. The second-order valence-electron chi connectivity index (χ2n) is 4.48. The van der Waals surface area contributed by atoms with Crippen LogP contribution in [0.15, 0.2) is 0 Å². The van der Waals surface area contributed by atoms with E-state index < -0.39 is 11.5 Å². The fourth-order valence-electron chi connectivity index (χ4n) is 2.18. The molecule has 15 heavy (non-hydrogen) atoms. The average Bonchev–Trinajstić information content (AvgIpc) is 2.17. The van der Waals surface area contributed by atoms with Crippen LogP contribution in [-0.2, 0) is 4.79 Å². The molecule has 90 valence electrons. The number of carboxylic acids is 1. The van der Waals surface area contributed by atoms with Gasteiger partial charge in [0.2, 0.25) is 0 Å². The van der Waals surface area contributed by atoms with Crippen LogP contribution >= 0.6 is 0 Å². The lowest BCUT2D eigenvalue weighted by molar-refractivity contribution is -0.152. The Kier molecular flexibility index (Phi) is 5.88. The summed E-state index contributed by atoms with van der Waals surface area (Å²) in [6.45, 7) is 11.9. The third-order valence-corrected chi connectivity index (χ3v) is 3.14. The van der Waals surface area contributed by atoms with Crippen molar-refractivity contribution in [2.24, 2.45) is 5.92 Å². The molecule has 0 aliphatic carbocycles. The molecule has 0 rings (SSSR count). The topological polar surface area (TPSA) is 40.5 Å². The summed E-state index contributed by atoms with van der Waals surface area (Å²) in [5, 5.41) is 9.40. The summed E-state index contributed by atoms with van der Waals surface area (Å²) in [5.41, 5.74) is -0.668. The summed E-state index contributed by atoms with van der Waals surface area (Å²) >= 11 is 0. The summed E-state index contributed by atoms with van der Waals surface area (Å²) in [7, 11) is 0. The van der Waals surface area contributed by atoms with Gasteiger partial charge in [0.1, 0.15) is 5.54 Å². The largest absolute Gasteiger partial charge is 0.480 e. The Balaban J connectivity index is 4.91. The van der Waals surface area contributed by atoms with E-state index in [4.69, 9.17) is 0 Å². The molecular weight excluding hydrogens is 190 g/mol. The molecule has 1 N–H and O–H groups in total. The Labute approximate surface area is 93.5 Å². The molecule has 0 aromatic heterocycles. The van der Waals surface area contributed by atoms with E-state index in [2.05, 4.69) is 18.7 Å². The van der Waals surface area contributed by atoms with Crippen molar-refractivity contribution in [2.45, 2.75) is 53.0 Å². The third kappa shape index (κ3) is 3.20. The molecule has 0 aliphatic rings. The van der Waals surface area contributed by atoms with Gasteiger partial charge in [0, 0.05) is 6.54 Å². The predicted molar refractivity (Wildman–Crippen MR) is 63.0 cm³/mol. The molecule has 0 aliphatic heterocycles. The molecule has 3 nitrogen and oxygen atoms in total. The molecule has 3 heteroatoms. The fraction of sp³-hybridized carbons (Fsp3) is 0.917. The Morgan fingerprint density at radius 2 is 1.73 bits per heavy atom. The molecule has 0 heterocycles. The number of hydrogen-bond donors (Lipinski definition) is 1. The van der Waals surface area contributed by atoms with Gasteiger partial charge < -0.3 is 5.11 Å². The Morgan fingerprint density at radius 1 is 1.27 bits per heavy atom. The van der Waals surface area contributed by atoms with Crippen LogP contribution in [0.2, 0.25) is 0 Å². The van der Waals surface area contributed by atoms with Crippen molar-refractivity contribution in [2.75, 3.05) is 13.1 Å². The van der Waals surface area contributed by atoms with Crippen LogP contribution in [0.4, 0.5) is 0 Å². The SMILES string of the molecule is CCN(CC(C)C)C(CC)(CC)C(=O)O. The third-order valence-electron chi connectivity index (χ3n) is 3.14. The van der Waals surface area contributed by atoms with Crippen molar-refractivity contribution in [3.8, 4) is 0 Å².